The van der Waals surface area contributed by atoms with Crippen molar-refractivity contribution >= 4 is 82.9 Å². The third-order valence-corrected chi connectivity index (χ3v) is 4.97. The molecule has 1 heterocycles. The second-order valence-corrected chi connectivity index (χ2v) is 7.03. The summed E-state index contributed by atoms with van der Waals surface area (Å²) in [5.41, 5.74) is 0. The molecule has 1 aromatic rings. The molecule has 0 aliphatic rings. The van der Waals surface area contributed by atoms with Crippen LogP contribution in [0.4, 0.5) is 0 Å². The summed E-state index contributed by atoms with van der Waals surface area (Å²) in [5.74, 6) is 0.0521. The number of pyridine rings is 1. The molecule has 19 heavy (non-hydrogen) atoms. The van der Waals surface area contributed by atoms with Crippen molar-refractivity contribution in [2.45, 2.75) is 13.8 Å². The number of hydrogen-bond acceptors (Lipinski definition) is 5. The van der Waals surface area contributed by atoms with Gasteiger partial charge in [-0.2, -0.15) is 4.98 Å². The Labute approximate surface area is 154 Å². The fourth-order valence-corrected chi connectivity index (χ4v) is 3.59. The van der Waals surface area contributed by atoms with Crippen molar-refractivity contribution in [1.29, 1.82) is 0 Å². The van der Waals surface area contributed by atoms with Gasteiger partial charge in [-0.1, -0.05) is 34.8 Å². The first kappa shape index (κ1) is 20.4. The van der Waals surface area contributed by atoms with Gasteiger partial charge in [0, 0.05) is 11.8 Å². The van der Waals surface area contributed by atoms with Crippen molar-refractivity contribution in [3.8, 4) is 5.88 Å². The zero-order valence-electron chi connectivity index (χ0n) is 9.65. The van der Waals surface area contributed by atoms with Crippen molar-refractivity contribution in [1.82, 2.24) is 4.98 Å². The van der Waals surface area contributed by atoms with Crippen molar-refractivity contribution in [3.63, 3.8) is 0 Å². The van der Waals surface area contributed by atoms with E-state index in [9.17, 15) is 0 Å². The van der Waals surface area contributed by atoms with Crippen molar-refractivity contribution in [2.75, 3.05) is 13.2 Å². The molecule has 1 aromatic heterocycles. The summed E-state index contributed by atoms with van der Waals surface area (Å²) in [4.78, 5) is 3.90. The zero-order valence-corrected chi connectivity index (χ0v) is 13.6. The van der Waals surface area contributed by atoms with Crippen LogP contribution in [0.3, 0.4) is 0 Å². The normalized spacial score (nSPS) is 11.0. The first-order valence-electron chi connectivity index (χ1n) is 5.02. The predicted molar refractivity (Wildman–Crippen MR) is 84.6 cm³/mol. The quantitative estimate of drug-likeness (QED) is 0.426. The molecule has 0 aliphatic carbocycles. The summed E-state index contributed by atoms with van der Waals surface area (Å²) >= 11 is 22.7. The predicted octanol–water partition coefficient (Wildman–Crippen LogP) is 4.07. The summed E-state index contributed by atoms with van der Waals surface area (Å²) < 4.78 is 16.1. The van der Waals surface area contributed by atoms with E-state index in [0.29, 0.717) is 13.2 Å². The number of hydrogen-bond donors (Lipinski definition) is 0. The molecule has 10 heteroatoms. The number of rotatable bonds is 6. The molecule has 1 rings (SSSR count). The standard InChI is InChI=1S/C9H11Cl3NO3PS.Na.H/c1-3-14-17(18,15-4-2)16-9-7(11)5-6(10)8(12)13-9;;/h5H,3-4H2,1-2H3;;. The average molecular weight is 375 g/mol. The van der Waals surface area contributed by atoms with Gasteiger partial charge in [-0.3, -0.25) is 9.05 Å². The Morgan fingerprint density at radius 1 is 1.16 bits per heavy atom. The third-order valence-electron chi connectivity index (χ3n) is 1.63. The summed E-state index contributed by atoms with van der Waals surface area (Å²) in [5, 5.41) is 0.499. The van der Waals surface area contributed by atoms with Crippen LogP contribution in [0.25, 0.3) is 0 Å². The monoisotopic (exact) mass is 373 g/mol. The fraction of sp³-hybridized carbons (Fsp3) is 0.444. The molecule has 0 atom stereocenters. The molecule has 0 saturated heterocycles. The van der Waals surface area contributed by atoms with Crippen LogP contribution in [0.5, 0.6) is 5.88 Å². The van der Waals surface area contributed by atoms with Crippen LogP contribution in [-0.2, 0) is 20.9 Å². The molecule has 0 aliphatic heterocycles. The summed E-state index contributed by atoms with van der Waals surface area (Å²) in [7, 11) is 0. The van der Waals surface area contributed by atoms with Crippen LogP contribution < -0.4 is 4.52 Å². The minimum absolute atomic E-state index is 0. The Hall–Kier alpha value is 1.39. The molecule has 0 fully saturated rings. The Kier molecular flexibility index (Phi) is 10.1. The van der Waals surface area contributed by atoms with Crippen molar-refractivity contribution in [2.24, 2.45) is 0 Å². The molecular weight excluding hydrogens is 362 g/mol. The van der Waals surface area contributed by atoms with Crippen LogP contribution in [0.15, 0.2) is 6.07 Å². The molecule has 0 N–H and O–H groups in total. The SMILES string of the molecule is CCOP(=S)(OCC)Oc1nc(Cl)c(Cl)cc1Cl.[NaH]. The molecule has 0 spiro atoms. The zero-order chi connectivity index (χ0) is 13.8. The van der Waals surface area contributed by atoms with Gasteiger partial charge in [-0.25, -0.2) is 0 Å². The van der Waals surface area contributed by atoms with E-state index in [1.807, 2.05) is 0 Å². The first-order valence-corrected chi connectivity index (χ1v) is 8.71. The topological polar surface area (TPSA) is 40.6 Å². The molecule has 0 amide bonds. The van der Waals surface area contributed by atoms with Crippen LogP contribution in [0.2, 0.25) is 15.2 Å². The van der Waals surface area contributed by atoms with Gasteiger partial charge in [-0.05, 0) is 19.9 Å². The molecule has 0 bridgehead atoms. The first-order chi connectivity index (χ1) is 8.41. The molecule has 104 valence electrons. The van der Waals surface area contributed by atoms with E-state index >= 15 is 0 Å². The molecule has 4 nitrogen and oxygen atoms in total. The maximum absolute atomic E-state index is 5.94. The van der Waals surface area contributed by atoms with E-state index in [1.54, 1.807) is 13.8 Å². The van der Waals surface area contributed by atoms with Crippen LogP contribution >= 0.6 is 41.5 Å². The van der Waals surface area contributed by atoms with Gasteiger partial charge in [-0.15, -0.1) is 0 Å². The number of aromatic nitrogens is 1. The van der Waals surface area contributed by atoms with E-state index in [0.717, 1.165) is 0 Å². The third kappa shape index (κ3) is 6.35. The summed E-state index contributed by atoms with van der Waals surface area (Å²) in [6.45, 7) is 1.37. The van der Waals surface area contributed by atoms with Gasteiger partial charge in [0.15, 0.2) is 5.15 Å². The second-order valence-electron chi connectivity index (χ2n) is 2.92. The number of halogens is 3. The van der Waals surface area contributed by atoms with Crippen molar-refractivity contribution in [3.05, 3.63) is 21.3 Å². The molecule has 0 aromatic carbocycles. The average Bonchev–Trinajstić information content (AvgIpc) is 2.26. The minimum atomic E-state index is -2.92. The van der Waals surface area contributed by atoms with Gasteiger partial charge < -0.3 is 4.52 Å². The van der Waals surface area contributed by atoms with Gasteiger partial charge in [0.1, 0.15) is 5.02 Å². The molecule has 0 saturated carbocycles. The van der Waals surface area contributed by atoms with E-state index in [-0.39, 0.29) is 50.6 Å². The van der Waals surface area contributed by atoms with Gasteiger partial charge in [0.25, 0.3) is 0 Å². The van der Waals surface area contributed by atoms with E-state index in [1.165, 1.54) is 6.07 Å². The summed E-state index contributed by atoms with van der Waals surface area (Å²) in [6, 6.07) is 1.42. The Morgan fingerprint density at radius 3 is 2.16 bits per heavy atom. The Morgan fingerprint density at radius 2 is 1.68 bits per heavy atom. The van der Waals surface area contributed by atoms with Crippen molar-refractivity contribution < 1.29 is 13.6 Å². The van der Waals surface area contributed by atoms with E-state index < -0.39 is 6.72 Å². The van der Waals surface area contributed by atoms with Gasteiger partial charge >= 0.3 is 36.3 Å². The maximum atomic E-state index is 5.94. The molecule has 0 unspecified atom stereocenters. The van der Waals surface area contributed by atoms with Crippen LogP contribution in [0, 0.1) is 0 Å². The second kappa shape index (κ2) is 9.42. The molecular formula is C9H12Cl3NNaO3PS. The van der Waals surface area contributed by atoms with Gasteiger partial charge in [0.05, 0.1) is 18.2 Å². The van der Waals surface area contributed by atoms with Crippen LogP contribution in [-0.4, -0.2) is 47.8 Å². The Balaban J connectivity index is 0.00000324. The van der Waals surface area contributed by atoms with Crippen LogP contribution in [0.1, 0.15) is 13.8 Å². The Bertz CT molecular complexity index is 470. The summed E-state index contributed by atoms with van der Waals surface area (Å²) in [6.07, 6.45) is 0. The van der Waals surface area contributed by atoms with E-state index in [4.69, 9.17) is 60.2 Å². The van der Waals surface area contributed by atoms with E-state index in [2.05, 4.69) is 4.98 Å². The fourth-order valence-electron chi connectivity index (χ4n) is 1.00. The van der Waals surface area contributed by atoms with Gasteiger partial charge in [0.2, 0.25) is 5.88 Å². The molecule has 0 radical (unpaired) electrons. The number of nitrogens with zero attached hydrogens (tertiary/aromatic N) is 1.